The highest BCUT2D eigenvalue weighted by Gasteiger charge is 2.10. The highest BCUT2D eigenvalue weighted by atomic mass is 79.9. The average Bonchev–Trinajstić information content (AvgIpc) is 2.67. The van der Waals surface area contributed by atoms with Crippen LogP contribution in [0.15, 0.2) is 39.0 Å². The Balaban J connectivity index is 2.22. The summed E-state index contributed by atoms with van der Waals surface area (Å²) < 4.78 is 13.2. The third kappa shape index (κ3) is 3.31. The maximum Gasteiger partial charge on any atom is 0.0701 e. The molecule has 6 heteroatoms. The van der Waals surface area contributed by atoms with Crippen molar-refractivity contribution in [3.63, 3.8) is 0 Å². The second kappa shape index (κ2) is 5.52. The molecule has 90 valence electrons. The predicted octanol–water partition coefficient (Wildman–Crippen LogP) is 4.05. The fourth-order valence-electron chi connectivity index (χ4n) is 1.34. The summed E-state index contributed by atoms with van der Waals surface area (Å²) in [6.45, 7) is 0. The van der Waals surface area contributed by atoms with Gasteiger partial charge in [-0.1, -0.05) is 11.6 Å². The molecule has 2 N–H and O–H groups in total. The molecule has 0 saturated heterocycles. The number of hydrogen-bond donors (Lipinski definition) is 1. The Kier molecular flexibility index (Phi) is 4.25. The number of benzene rings is 1. The number of hydrogen-bond acceptors (Lipinski definition) is 3. The number of nitrogens with two attached hydrogens (primary N) is 1. The molecule has 0 bridgehead atoms. The largest absolute Gasteiger partial charge is 0.398 e. The molecule has 1 heterocycles. The topological polar surface area (TPSA) is 43.1 Å². The van der Waals surface area contributed by atoms with Crippen LogP contribution in [0.2, 0.25) is 5.02 Å². The monoisotopic (exact) mass is 349 g/mol. The Morgan fingerprint density at radius 1 is 1.35 bits per heavy atom. The lowest BCUT2D eigenvalue weighted by atomic mass is 10.3. The summed E-state index contributed by atoms with van der Waals surface area (Å²) in [5, 5.41) is 0.551. The maximum atomic E-state index is 12.2. The van der Waals surface area contributed by atoms with Crippen molar-refractivity contribution in [1.82, 2.24) is 0 Å². The van der Waals surface area contributed by atoms with Gasteiger partial charge in [-0.15, -0.1) is 11.3 Å². The van der Waals surface area contributed by atoms with Crippen LogP contribution >= 0.6 is 38.9 Å². The zero-order chi connectivity index (χ0) is 12.4. The molecule has 0 fully saturated rings. The van der Waals surface area contributed by atoms with E-state index in [0.717, 1.165) is 8.66 Å². The molecule has 0 aliphatic heterocycles. The third-order valence-corrected chi connectivity index (χ3v) is 5.58. The van der Waals surface area contributed by atoms with Crippen LogP contribution in [-0.4, -0.2) is 4.21 Å². The minimum Gasteiger partial charge on any atom is -0.398 e. The van der Waals surface area contributed by atoms with E-state index in [2.05, 4.69) is 15.9 Å². The second-order valence-electron chi connectivity index (χ2n) is 3.38. The molecule has 0 saturated carbocycles. The van der Waals surface area contributed by atoms with Crippen molar-refractivity contribution in [1.29, 1.82) is 0 Å². The number of anilines is 1. The minimum atomic E-state index is -1.16. The molecule has 0 aliphatic rings. The van der Waals surface area contributed by atoms with Gasteiger partial charge in [0, 0.05) is 15.6 Å². The van der Waals surface area contributed by atoms with Gasteiger partial charge in [-0.2, -0.15) is 0 Å². The van der Waals surface area contributed by atoms with E-state index in [1.165, 1.54) is 0 Å². The highest BCUT2D eigenvalue weighted by molar-refractivity contribution is 9.11. The molecular formula is C11H9BrClNOS2. The molecular weight excluding hydrogens is 342 g/mol. The van der Waals surface area contributed by atoms with Crippen molar-refractivity contribution in [3.05, 3.63) is 44.0 Å². The van der Waals surface area contributed by atoms with Gasteiger partial charge in [-0.05, 0) is 46.3 Å². The van der Waals surface area contributed by atoms with Gasteiger partial charge in [0.1, 0.15) is 0 Å². The van der Waals surface area contributed by atoms with Crippen molar-refractivity contribution in [2.24, 2.45) is 0 Å². The first kappa shape index (κ1) is 13.1. The van der Waals surface area contributed by atoms with Crippen LogP contribution in [0.4, 0.5) is 5.69 Å². The Bertz CT molecular complexity index is 570. The number of halogens is 2. The van der Waals surface area contributed by atoms with Gasteiger partial charge in [-0.25, -0.2) is 0 Å². The molecule has 0 aliphatic carbocycles. The normalized spacial score (nSPS) is 12.6. The summed E-state index contributed by atoms with van der Waals surface area (Å²) in [4.78, 5) is 1.65. The van der Waals surface area contributed by atoms with E-state index < -0.39 is 10.8 Å². The van der Waals surface area contributed by atoms with Crippen molar-refractivity contribution >= 4 is 55.4 Å². The van der Waals surface area contributed by atoms with Crippen molar-refractivity contribution in [2.45, 2.75) is 10.6 Å². The zero-order valence-corrected chi connectivity index (χ0v) is 12.6. The molecule has 17 heavy (non-hydrogen) atoms. The first-order valence-corrected chi connectivity index (χ1v) is 8.04. The van der Waals surface area contributed by atoms with Gasteiger partial charge < -0.3 is 5.73 Å². The Morgan fingerprint density at radius 3 is 2.76 bits per heavy atom. The fourth-order valence-corrected chi connectivity index (χ4v) is 4.51. The SMILES string of the molecule is Nc1ccc(Cl)cc1S(=O)Cc1ccc(Br)s1. The minimum absolute atomic E-state index is 0.459. The second-order valence-corrected chi connectivity index (χ2v) is 7.78. The molecule has 0 radical (unpaired) electrons. The number of thiophene rings is 1. The van der Waals surface area contributed by atoms with Crippen molar-refractivity contribution in [2.75, 3.05) is 5.73 Å². The van der Waals surface area contributed by atoms with Crippen LogP contribution < -0.4 is 5.73 Å². The lowest BCUT2D eigenvalue weighted by molar-refractivity contribution is 0.683. The molecule has 1 unspecified atom stereocenters. The number of rotatable bonds is 3. The van der Waals surface area contributed by atoms with Gasteiger partial charge in [0.05, 0.1) is 25.2 Å². The van der Waals surface area contributed by atoms with Crippen LogP contribution in [0.5, 0.6) is 0 Å². The van der Waals surface area contributed by atoms with E-state index in [1.807, 2.05) is 12.1 Å². The van der Waals surface area contributed by atoms with Crippen molar-refractivity contribution < 1.29 is 4.21 Å². The van der Waals surface area contributed by atoms with E-state index in [-0.39, 0.29) is 0 Å². The average molecular weight is 351 g/mol. The Hall–Kier alpha value is -0.360. The quantitative estimate of drug-likeness (QED) is 0.848. The van der Waals surface area contributed by atoms with E-state index in [9.17, 15) is 4.21 Å². The van der Waals surface area contributed by atoms with Crippen LogP contribution in [-0.2, 0) is 16.6 Å². The summed E-state index contributed by atoms with van der Waals surface area (Å²) in [6, 6.07) is 8.93. The lowest BCUT2D eigenvalue weighted by Crippen LogP contribution is -1.99. The first-order valence-electron chi connectivity index (χ1n) is 4.74. The molecule has 2 aromatic rings. The van der Waals surface area contributed by atoms with Crippen LogP contribution in [0.3, 0.4) is 0 Å². The van der Waals surface area contributed by atoms with E-state index >= 15 is 0 Å². The Morgan fingerprint density at radius 2 is 2.12 bits per heavy atom. The predicted molar refractivity (Wildman–Crippen MR) is 78.0 cm³/mol. The Labute approximate surface area is 119 Å². The summed E-state index contributed by atoms with van der Waals surface area (Å²) in [6.07, 6.45) is 0. The summed E-state index contributed by atoms with van der Waals surface area (Å²) >= 11 is 10.8. The van der Waals surface area contributed by atoms with Crippen molar-refractivity contribution in [3.8, 4) is 0 Å². The molecule has 0 spiro atoms. The van der Waals surface area contributed by atoms with Crippen LogP contribution in [0.25, 0.3) is 0 Å². The molecule has 2 rings (SSSR count). The summed E-state index contributed by atoms with van der Waals surface area (Å²) in [5.41, 5.74) is 6.31. The van der Waals surface area contributed by atoms with Gasteiger partial charge >= 0.3 is 0 Å². The molecule has 1 atom stereocenters. The van der Waals surface area contributed by atoms with Gasteiger partial charge in [0.15, 0.2) is 0 Å². The van der Waals surface area contributed by atoms with E-state index in [0.29, 0.717) is 21.4 Å². The first-order chi connectivity index (χ1) is 8.06. The fraction of sp³-hybridized carbons (Fsp3) is 0.0909. The lowest BCUT2D eigenvalue weighted by Gasteiger charge is -2.05. The zero-order valence-electron chi connectivity index (χ0n) is 8.65. The third-order valence-electron chi connectivity index (χ3n) is 2.12. The highest BCUT2D eigenvalue weighted by Crippen LogP contribution is 2.27. The molecule has 2 nitrogen and oxygen atoms in total. The van der Waals surface area contributed by atoms with Gasteiger partial charge in [-0.3, -0.25) is 4.21 Å². The summed E-state index contributed by atoms with van der Waals surface area (Å²) in [5.74, 6) is 0.459. The van der Waals surface area contributed by atoms with E-state index in [1.54, 1.807) is 29.5 Å². The van der Waals surface area contributed by atoms with Gasteiger partial charge in [0.2, 0.25) is 0 Å². The maximum absolute atomic E-state index is 12.2. The molecule has 1 aromatic heterocycles. The standard InChI is InChI=1S/C11H9BrClNOS2/c12-11-4-2-8(16-11)6-17(15)10-5-7(13)1-3-9(10)14/h1-5H,6,14H2. The number of nitrogen functional groups attached to an aromatic ring is 1. The molecule has 0 amide bonds. The van der Waals surface area contributed by atoms with Crippen LogP contribution in [0.1, 0.15) is 4.88 Å². The van der Waals surface area contributed by atoms with Gasteiger partial charge in [0.25, 0.3) is 0 Å². The molecule has 1 aromatic carbocycles. The van der Waals surface area contributed by atoms with Crippen LogP contribution in [0, 0.1) is 0 Å². The smallest absolute Gasteiger partial charge is 0.0701 e. The summed E-state index contributed by atoms with van der Waals surface area (Å²) in [7, 11) is -1.16. The van der Waals surface area contributed by atoms with E-state index in [4.69, 9.17) is 17.3 Å².